The molecule has 1 aliphatic rings. The van der Waals surface area contributed by atoms with Gasteiger partial charge in [-0.25, -0.2) is 13.1 Å². The summed E-state index contributed by atoms with van der Waals surface area (Å²) in [5, 5.41) is 3.07. The lowest BCUT2D eigenvalue weighted by Gasteiger charge is -2.16. The van der Waals surface area contributed by atoms with Crippen LogP contribution in [0.4, 0.5) is 0 Å². The van der Waals surface area contributed by atoms with Crippen molar-refractivity contribution in [1.82, 2.24) is 10.0 Å². The van der Waals surface area contributed by atoms with Gasteiger partial charge < -0.3 is 5.32 Å². The fraction of sp³-hybridized carbons (Fsp3) is 0.625. The molecule has 2 N–H and O–H groups in total. The molecule has 0 heterocycles. The summed E-state index contributed by atoms with van der Waals surface area (Å²) in [5.74, 6) is 1.12. The van der Waals surface area contributed by atoms with Gasteiger partial charge in [-0.1, -0.05) is 13.0 Å². The fourth-order valence-electron chi connectivity index (χ4n) is 2.64. The molecule has 1 aromatic carbocycles. The Balaban J connectivity index is 2.21. The smallest absolute Gasteiger partial charge is 0.240 e. The Morgan fingerprint density at radius 3 is 2.52 bits per heavy atom. The summed E-state index contributed by atoms with van der Waals surface area (Å²) < 4.78 is 27.9. The Hall–Kier alpha value is -0.910. The number of hydrogen-bond donors (Lipinski definition) is 2. The lowest BCUT2D eigenvalue weighted by atomic mass is 10.1. The van der Waals surface area contributed by atoms with E-state index in [9.17, 15) is 8.42 Å². The van der Waals surface area contributed by atoms with E-state index in [0.29, 0.717) is 29.8 Å². The Morgan fingerprint density at radius 1 is 1.29 bits per heavy atom. The zero-order valence-corrected chi connectivity index (χ0v) is 14.2. The van der Waals surface area contributed by atoms with Crippen LogP contribution >= 0.6 is 0 Å². The summed E-state index contributed by atoms with van der Waals surface area (Å²) in [6.45, 7) is 7.15. The molecule has 1 fully saturated rings. The number of sulfonamides is 1. The second-order valence-electron chi connectivity index (χ2n) is 6.23. The van der Waals surface area contributed by atoms with Crippen molar-refractivity contribution in [3.63, 3.8) is 0 Å². The monoisotopic (exact) mass is 310 g/mol. The van der Waals surface area contributed by atoms with E-state index in [1.807, 2.05) is 27.0 Å². The van der Waals surface area contributed by atoms with E-state index >= 15 is 0 Å². The summed E-state index contributed by atoms with van der Waals surface area (Å²) in [6.07, 6.45) is 2.47. The van der Waals surface area contributed by atoms with Crippen molar-refractivity contribution in [2.75, 3.05) is 13.6 Å². The molecule has 0 aliphatic heterocycles. The van der Waals surface area contributed by atoms with Crippen LogP contribution in [0.5, 0.6) is 0 Å². The first-order valence-electron chi connectivity index (χ1n) is 7.59. The quantitative estimate of drug-likeness (QED) is 0.813. The van der Waals surface area contributed by atoms with Crippen molar-refractivity contribution in [3.8, 4) is 0 Å². The molecular formula is C16H26N2O2S. The standard InChI is InChI=1S/C16H26N2O2S/c1-11-7-14(10-17-4)8-16(13(11)3)21(19,20)18-9-12(2)15-5-6-15/h7-8,12,15,17-18H,5-6,9-10H2,1-4H3. The third-order valence-electron chi connectivity index (χ3n) is 4.37. The van der Waals surface area contributed by atoms with Gasteiger partial charge in [-0.05, 0) is 68.3 Å². The first-order chi connectivity index (χ1) is 9.85. The van der Waals surface area contributed by atoms with Gasteiger partial charge in [-0.15, -0.1) is 0 Å². The fourth-order valence-corrected chi connectivity index (χ4v) is 4.14. The predicted molar refractivity (Wildman–Crippen MR) is 85.8 cm³/mol. The number of benzene rings is 1. The van der Waals surface area contributed by atoms with Crippen LogP contribution in [0.1, 0.15) is 36.5 Å². The number of aryl methyl sites for hydroxylation is 1. The first-order valence-corrected chi connectivity index (χ1v) is 9.08. The van der Waals surface area contributed by atoms with Crippen LogP contribution in [-0.4, -0.2) is 22.0 Å². The Bertz CT molecular complexity index is 607. The van der Waals surface area contributed by atoms with E-state index in [0.717, 1.165) is 16.7 Å². The molecule has 118 valence electrons. The van der Waals surface area contributed by atoms with Gasteiger partial charge in [0.25, 0.3) is 0 Å². The van der Waals surface area contributed by atoms with Gasteiger partial charge in [0.1, 0.15) is 0 Å². The van der Waals surface area contributed by atoms with E-state index in [-0.39, 0.29) is 0 Å². The van der Waals surface area contributed by atoms with Gasteiger partial charge in [-0.3, -0.25) is 0 Å². The molecular weight excluding hydrogens is 284 g/mol. The van der Waals surface area contributed by atoms with E-state index in [1.54, 1.807) is 6.07 Å². The molecule has 0 spiro atoms. The van der Waals surface area contributed by atoms with Crippen LogP contribution in [-0.2, 0) is 16.6 Å². The highest BCUT2D eigenvalue weighted by atomic mass is 32.2. The van der Waals surface area contributed by atoms with Gasteiger partial charge in [-0.2, -0.15) is 0 Å². The van der Waals surface area contributed by atoms with Crippen LogP contribution < -0.4 is 10.0 Å². The van der Waals surface area contributed by atoms with Crippen LogP contribution in [0, 0.1) is 25.7 Å². The number of nitrogens with one attached hydrogen (secondary N) is 2. The minimum Gasteiger partial charge on any atom is -0.316 e. The van der Waals surface area contributed by atoms with Crippen molar-refractivity contribution in [1.29, 1.82) is 0 Å². The third-order valence-corrected chi connectivity index (χ3v) is 5.92. The van der Waals surface area contributed by atoms with Gasteiger partial charge in [0.2, 0.25) is 10.0 Å². The lowest BCUT2D eigenvalue weighted by Crippen LogP contribution is -2.30. The first kappa shape index (κ1) is 16.5. The maximum absolute atomic E-state index is 12.6. The Labute approximate surface area is 128 Å². The van der Waals surface area contributed by atoms with Gasteiger partial charge in [0.15, 0.2) is 0 Å². The van der Waals surface area contributed by atoms with Crippen LogP contribution in [0.2, 0.25) is 0 Å². The van der Waals surface area contributed by atoms with Crippen molar-refractivity contribution in [2.24, 2.45) is 11.8 Å². The topological polar surface area (TPSA) is 58.2 Å². The summed E-state index contributed by atoms with van der Waals surface area (Å²) in [5.41, 5.74) is 2.84. The van der Waals surface area contributed by atoms with Crippen LogP contribution in [0.25, 0.3) is 0 Å². The summed E-state index contributed by atoms with van der Waals surface area (Å²) >= 11 is 0. The molecule has 5 heteroatoms. The van der Waals surface area contributed by atoms with E-state index in [2.05, 4.69) is 17.0 Å². The third kappa shape index (κ3) is 4.05. The second-order valence-corrected chi connectivity index (χ2v) is 7.97. The largest absolute Gasteiger partial charge is 0.316 e. The highest BCUT2D eigenvalue weighted by Gasteiger charge is 2.29. The molecule has 1 atom stereocenters. The molecule has 0 radical (unpaired) electrons. The number of hydrogen-bond acceptors (Lipinski definition) is 3. The van der Waals surface area contributed by atoms with Crippen molar-refractivity contribution in [2.45, 2.75) is 45.1 Å². The zero-order valence-electron chi connectivity index (χ0n) is 13.4. The molecule has 0 amide bonds. The molecule has 0 bridgehead atoms. The van der Waals surface area contributed by atoms with Gasteiger partial charge in [0.05, 0.1) is 4.90 Å². The molecule has 1 saturated carbocycles. The normalized spacial score (nSPS) is 17.0. The predicted octanol–water partition coefficient (Wildman–Crippen LogP) is 2.35. The lowest BCUT2D eigenvalue weighted by molar-refractivity contribution is 0.491. The molecule has 21 heavy (non-hydrogen) atoms. The average molecular weight is 310 g/mol. The minimum absolute atomic E-state index is 0.413. The molecule has 4 nitrogen and oxygen atoms in total. The maximum atomic E-state index is 12.6. The molecule has 0 saturated heterocycles. The summed E-state index contributed by atoms with van der Waals surface area (Å²) in [4.78, 5) is 0.413. The van der Waals surface area contributed by atoms with Crippen molar-refractivity contribution >= 4 is 10.0 Å². The van der Waals surface area contributed by atoms with E-state index in [1.165, 1.54) is 12.8 Å². The highest BCUT2D eigenvalue weighted by molar-refractivity contribution is 7.89. The second kappa shape index (κ2) is 6.46. The van der Waals surface area contributed by atoms with Crippen LogP contribution in [0.3, 0.4) is 0 Å². The average Bonchev–Trinajstić information content (AvgIpc) is 3.24. The molecule has 1 aromatic rings. The molecule has 1 aliphatic carbocycles. The number of rotatable bonds is 7. The SMILES string of the molecule is CNCc1cc(C)c(C)c(S(=O)(=O)NCC(C)C2CC2)c1. The molecule has 2 rings (SSSR count). The van der Waals surface area contributed by atoms with Crippen molar-refractivity contribution < 1.29 is 8.42 Å². The minimum atomic E-state index is -3.43. The van der Waals surface area contributed by atoms with Crippen LogP contribution in [0.15, 0.2) is 17.0 Å². The molecule has 1 unspecified atom stereocenters. The van der Waals surface area contributed by atoms with Gasteiger partial charge in [0, 0.05) is 13.1 Å². The molecule has 0 aromatic heterocycles. The summed E-state index contributed by atoms with van der Waals surface area (Å²) in [6, 6.07) is 3.82. The summed E-state index contributed by atoms with van der Waals surface area (Å²) in [7, 11) is -1.57. The Kier molecular flexibility index (Phi) is 5.07. The van der Waals surface area contributed by atoms with E-state index < -0.39 is 10.0 Å². The van der Waals surface area contributed by atoms with Crippen molar-refractivity contribution in [3.05, 3.63) is 28.8 Å². The zero-order chi connectivity index (χ0) is 15.6. The van der Waals surface area contributed by atoms with E-state index in [4.69, 9.17) is 0 Å². The highest BCUT2D eigenvalue weighted by Crippen LogP contribution is 2.36. The maximum Gasteiger partial charge on any atom is 0.240 e. The van der Waals surface area contributed by atoms with Gasteiger partial charge >= 0.3 is 0 Å². The Morgan fingerprint density at radius 2 is 1.95 bits per heavy atom.